The van der Waals surface area contributed by atoms with E-state index in [1.54, 1.807) is 49.6 Å². The van der Waals surface area contributed by atoms with Gasteiger partial charge in [0.05, 0.1) is 7.11 Å². The molecule has 162 valence electrons. The molecule has 2 aromatic rings. The van der Waals surface area contributed by atoms with Crippen molar-refractivity contribution in [1.82, 2.24) is 5.32 Å². The molecule has 8 heteroatoms. The molecule has 1 unspecified atom stereocenters. The smallest absolute Gasteiger partial charge is 0.328 e. The van der Waals surface area contributed by atoms with E-state index in [0.29, 0.717) is 17.0 Å². The van der Waals surface area contributed by atoms with Crippen LogP contribution in [0.15, 0.2) is 54.6 Å². The summed E-state index contributed by atoms with van der Waals surface area (Å²) < 4.78 is 10.1. The molecule has 0 saturated carbocycles. The minimum atomic E-state index is -0.928. The van der Waals surface area contributed by atoms with Gasteiger partial charge in [0.15, 0.2) is 12.4 Å². The van der Waals surface area contributed by atoms with Gasteiger partial charge in [0.25, 0.3) is 0 Å². The van der Waals surface area contributed by atoms with Crippen LogP contribution in [-0.4, -0.2) is 43.3 Å². The topological polar surface area (TPSA) is 111 Å². The summed E-state index contributed by atoms with van der Waals surface area (Å²) in [5.74, 6) is -1.12. The Bertz CT molecular complexity index is 965. The van der Waals surface area contributed by atoms with Gasteiger partial charge < -0.3 is 20.1 Å². The number of esters is 1. The molecule has 2 N–H and O–H groups in total. The number of carbonyl (C=O) groups excluding carboxylic acids is 4. The van der Waals surface area contributed by atoms with E-state index in [1.165, 1.54) is 32.1 Å². The van der Waals surface area contributed by atoms with Crippen LogP contribution in [0.4, 0.5) is 5.69 Å². The van der Waals surface area contributed by atoms with Gasteiger partial charge in [0, 0.05) is 24.3 Å². The maximum absolute atomic E-state index is 12.2. The molecule has 0 radical (unpaired) electrons. The summed E-state index contributed by atoms with van der Waals surface area (Å²) >= 11 is 0. The fraction of sp³-hybridized carbons (Fsp3) is 0.217. The Hall–Kier alpha value is -3.94. The van der Waals surface area contributed by atoms with E-state index in [2.05, 4.69) is 10.6 Å². The van der Waals surface area contributed by atoms with Crippen molar-refractivity contribution in [1.29, 1.82) is 0 Å². The molecular weight excluding hydrogens is 400 g/mol. The Labute approximate surface area is 180 Å². The molecule has 0 aromatic heterocycles. The molecular formula is C23H24N2O6. The molecule has 2 aromatic carbocycles. The number of amides is 2. The highest BCUT2D eigenvalue weighted by atomic mass is 16.5. The number of ether oxygens (including phenoxy) is 2. The fourth-order valence-corrected chi connectivity index (χ4v) is 2.50. The van der Waals surface area contributed by atoms with Gasteiger partial charge in [-0.15, -0.1) is 0 Å². The van der Waals surface area contributed by atoms with Crippen molar-refractivity contribution in [2.24, 2.45) is 0 Å². The highest BCUT2D eigenvalue weighted by Gasteiger charge is 2.18. The first-order chi connectivity index (χ1) is 14.8. The van der Waals surface area contributed by atoms with Crippen LogP contribution in [0.1, 0.15) is 29.8 Å². The predicted octanol–water partition coefficient (Wildman–Crippen LogP) is 2.60. The molecule has 31 heavy (non-hydrogen) atoms. The van der Waals surface area contributed by atoms with Crippen molar-refractivity contribution < 1.29 is 28.7 Å². The van der Waals surface area contributed by atoms with E-state index >= 15 is 0 Å². The third kappa shape index (κ3) is 7.77. The van der Waals surface area contributed by atoms with Crippen LogP contribution in [0.2, 0.25) is 0 Å². The summed E-state index contributed by atoms with van der Waals surface area (Å²) in [6.07, 6.45) is 2.90. The largest absolute Gasteiger partial charge is 0.497 e. The van der Waals surface area contributed by atoms with Crippen molar-refractivity contribution in [2.45, 2.75) is 19.9 Å². The number of hydrogen-bond donors (Lipinski definition) is 2. The lowest BCUT2D eigenvalue weighted by Crippen LogP contribution is -2.39. The van der Waals surface area contributed by atoms with Gasteiger partial charge in [0.1, 0.15) is 11.8 Å². The number of methoxy groups -OCH3 is 1. The summed E-state index contributed by atoms with van der Waals surface area (Å²) in [5.41, 5.74) is 1.68. The Kier molecular flexibility index (Phi) is 8.51. The van der Waals surface area contributed by atoms with E-state index < -0.39 is 30.3 Å². The maximum atomic E-state index is 12.2. The van der Waals surface area contributed by atoms with Gasteiger partial charge in [-0.3, -0.25) is 14.4 Å². The molecule has 0 heterocycles. The van der Waals surface area contributed by atoms with Crippen LogP contribution >= 0.6 is 0 Å². The highest BCUT2D eigenvalue weighted by Crippen LogP contribution is 2.12. The Morgan fingerprint density at radius 1 is 1.00 bits per heavy atom. The molecule has 2 rings (SSSR count). The number of nitrogens with one attached hydrogen (secondary N) is 2. The molecule has 0 saturated heterocycles. The first kappa shape index (κ1) is 23.3. The second-order valence-corrected chi connectivity index (χ2v) is 6.63. The molecule has 0 bridgehead atoms. The van der Waals surface area contributed by atoms with Gasteiger partial charge in [0.2, 0.25) is 11.8 Å². The standard InChI is InChI=1S/C23H24N2O6/c1-15(24-22(28)13-6-17-4-11-20(30-3)12-5-17)23(29)31-14-21(27)18-7-9-19(10-8-18)25-16(2)26/h4-13,15H,14H2,1-3H3,(H,24,28)(H,25,26). The third-order valence-electron chi connectivity index (χ3n) is 4.13. The zero-order valence-corrected chi connectivity index (χ0v) is 17.5. The second kappa shape index (κ2) is 11.3. The number of carbonyl (C=O) groups is 4. The Balaban J connectivity index is 1.80. The highest BCUT2D eigenvalue weighted by molar-refractivity contribution is 5.99. The van der Waals surface area contributed by atoms with Crippen molar-refractivity contribution in [3.05, 3.63) is 65.7 Å². The van der Waals surface area contributed by atoms with Crippen LogP contribution in [0.3, 0.4) is 0 Å². The normalized spacial score (nSPS) is 11.5. The zero-order valence-electron chi connectivity index (χ0n) is 17.5. The SMILES string of the molecule is COc1ccc(C=CC(=O)NC(C)C(=O)OCC(=O)c2ccc(NC(C)=O)cc2)cc1. The number of benzene rings is 2. The number of rotatable bonds is 9. The minimum Gasteiger partial charge on any atom is -0.497 e. The van der Waals surface area contributed by atoms with Gasteiger partial charge in [-0.05, 0) is 55.0 Å². The first-order valence-corrected chi connectivity index (χ1v) is 9.48. The lowest BCUT2D eigenvalue weighted by atomic mass is 10.1. The van der Waals surface area contributed by atoms with E-state index in [9.17, 15) is 19.2 Å². The zero-order chi connectivity index (χ0) is 22.8. The predicted molar refractivity (Wildman–Crippen MR) is 116 cm³/mol. The van der Waals surface area contributed by atoms with Crippen LogP contribution < -0.4 is 15.4 Å². The quantitative estimate of drug-likeness (QED) is 0.364. The van der Waals surface area contributed by atoms with E-state index in [-0.39, 0.29) is 5.91 Å². The number of ketones is 1. The van der Waals surface area contributed by atoms with Gasteiger partial charge >= 0.3 is 5.97 Å². The minimum absolute atomic E-state index is 0.220. The number of hydrogen-bond acceptors (Lipinski definition) is 6. The van der Waals surface area contributed by atoms with E-state index in [0.717, 1.165) is 5.56 Å². The average molecular weight is 424 g/mol. The van der Waals surface area contributed by atoms with Gasteiger partial charge in [-0.1, -0.05) is 12.1 Å². The number of anilines is 1. The van der Waals surface area contributed by atoms with Crippen molar-refractivity contribution in [2.75, 3.05) is 19.0 Å². The summed E-state index contributed by atoms with van der Waals surface area (Å²) in [4.78, 5) is 47.2. The summed E-state index contributed by atoms with van der Waals surface area (Å²) in [5, 5.41) is 5.08. The van der Waals surface area contributed by atoms with Crippen molar-refractivity contribution in [3.63, 3.8) is 0 Å². The molecule has 0 aliphatic heterocycles. The maximum Gasteiger partial charge on any atom is 0.328 e. The molecule has 0 fully saturated rings. The monoisotopic (exact) mass is 424 g/mol. The summed E-state index contributed by atoms with van der Waals surface area (Å²) in [6.45, 7) is 2.39. The summed E-state index contributed by atoms with van der Waals surface area (Å²) in [7, 11) is 1.57. The Morgan fingerprint density at radius 2 is 1.65 bits per heavy atom. The van der Waals surface area contributed by atoms with Gasteiger partial charge in [-0.2, -0.15) is 0 Å². The molecule has 2 amide bonds. The second-order valence-electron chi connectivity index (χ2n) is 6.63. The van der Waals surface area contributed by atoms with Crippen LogP contribution in [0.25, 0.3) is 6.08 Å². The molecule has 1 atom stereocenters. The first-order valence-electron chi connectivity index (χ1n) is 9.48. The van der Waals surface area contributed by atoms with Crippen LogP contribution in [-0.2, 0) is 19.1 Å². The third-order valence-corrected chi connectivity index (χ3v) is 4.13. The van der Waals surface area contributed by atoms with Crippen molar-refractivity contribution >= 4 is 35.3 Å². The fourth-order valence-electron chi connectivity index (χ4n) is 2.50. The molecule has 8 nitrogen and oxygen atoms in total. The van der Waals surface area contributed by atoms with Crippen LogP contribution in [0, 0.1) is 0 Å². The van der Waals surface area contributed by atoms with Gasteiger partial charge in [-0.25, -0.2) is 4.79 Å². The van der Waals surface area contributed by atoms with Crippen LogP contribution in [0.5, 0.6) is 5.75 Å². The Morgan fingerprint density at radius 3 is 2.23 bits per heavy atom. The van der Waals surface area contributed by atoms with E-state index in [1.807, 2.05) is 0 Å². The number of Topliss-reactive ketones (excluding diaryl/α,β-unsaturated/α-hetero) is 1. The molecule has 0 spiro atoms. The lowest BCUT2D eigenvalue weighted by Gasteiger charge is -2.12. The van der Waals surface area contributed by atoms with E-state index in [4.69, 9.17) is 9.47 Å². The summed E-state index contributed by atoms with van der Waals surface area (Å²) in [6, 6.07) is 12.4. The molecule has 0 aliphatic carbocycles. The average Bonchev–Trinajstić information content (AvgIpc) is 2.76. The molecule has 0 aliphatic rings. The van der Waals surface area contributed by atoms with Crippen molar-refractivity contribution in [3.8, 4) is 5.75 Å². The lowest BCUT2D eigenvalue weighted by molar-refractivity contribution is -0.145.